The number of likely N-dealkylation sites (tertiary alicyclic amines) is 1. The molecule has 0 radical (unpaired) electrons. The van der Waals surface area contributed by atoms with Crippen molar-refractivity contribution in [1.82, 2.24) is 10.2 Å². The maximum absolute atomic E-state index is 11.1. The van der Waals surface area contributed by atoms with Gasteiger partial charge in [0.1, 0.15) is 0 Å². The third-order valence-corrected chi connectivity index (χ3v) is 2.83. The second kappa shape index (κ2) is 6.44. The van der Waals surface area contributed by atoms with E-state index < -0.39 is 6.03 Å². The van der Waals surface area contributed by atoms with Crippen LogP contribution in [-0.4, -0.2) is 48.2 Å². The minimum absolute atomic E-state index is 0.223. The molecule has 6 heteroatoms. The second-order valence-corrected chi connectivity index (χ2v) is 4.13. The number of hydrogen-bond acceptors (Lipinski definition) is 4. The smallest absolute Gasteiger partial charge is 0.318 e. The fourth-order valence-electron chi connectivity index (χ4n) is 1.99. The molecule has 0 aromatic rings. The number of carbonyl (C=O) groups excluding carboxylic acids is 2. The fraction of sp³-hybridized carbons (Fsp3) is 0.800. The first-order valence-electron chi connectivity index (χ1n) is 5.54. The van der Waals surface area contributed by atoms with Gasteiger partial charge in [0.2, 0.25) is 5.91 Å². The number of rotatable bonds is 5. The number of imide groups is 1. The van der Waals surface area contributed by atoms with E-state index in [-0.39, 0.29) is 18.9 Å². The van der Waals surface area contributed by atoms with Gasteiger partial charge in [0, 0.05) is 26.1 Å². The van der Waals surface area contributed by atoms with Crippen LogP contribution < -0.4 is 11.1 Å². The Hall–Kier alpha value is -1.14. The number of aliphatic hydroxyl groups is 1. The number of nitrogens with one attached hydrogen (secondary N) is 1. The Labute approximate surface area is 94.8 Å². The first-order valence-corrected chi connectivity index (χ1v) is 5.54. The molecule has 0 aromatic carbocycles. The average molecular weight is 229 g/mol. The predicted molar refractivity (Wildman–Crippen MR) is 58.6 cm³/mol. The molecular formula is C10H19N3O3. The van der Waals surface area contributed by atoms with Gasteiger partial charge in [0.25, 0.3) is 0 Å². The molecule has 1 atom stereocenters. The van der Waals surface area contributed by atoms with Gasteiger partial charge in [-0.1, -0.05) is 0 Å². The zero-order valence-corrected chi connectivity index (χ0v) is 9.32. The van der Waals surface area contributed by atoms with E-state index in [1.165, 1.54) is 0 Å². The number of urea groups is 1. The summed E-state index contributed by atoms with van der Waals surface area (Å²) in [5.74, 6) is 0.197. The standard InChI is InChI=1S/C10H19N3O3/c11-10(16)12-9(15)2-5-13-4-1-8(7-13)3-6-14/h8,14H,1-7H2,(H3,11,12,15,16). The molecule has 1 rings (SSSR count). The summed E-state index contributed by atoms with van der Waals surface area (Å²) in [5.41, 5.74) is 4.83. The van der Waals surface area contributed by atoms with Gasteiger partial charge >= 0.3 is 6.03 Å². The van der Waals surface area contributed by atoms with Gasteiger partial charge in [0.15, 0.2) is 0 Å². The summed E-state index contributed by atoms with van der Waals surface area (Å²) >= 11 is 0. The summed E-state index contributed by atoms with van der Waals surface area (Å²) in [6.45, 7) is 2.74. The molecule has 1 aliphatic heterocycles. The number of nitrogens with two attached hydrogens (primary N) is 1. The van der Waals surface area contributed by atoms with E-state index in [0.717, 1.165) is 25.9 Å². The number of nitrogens with zero attached hydrogens (tertiary/aromatic N) is 1. The number of carbonyl (C=O) groups is 2. The quantitative estimate of drug-likeness (QED) is 0.579. The van der Waals surface area contributed by atoms with E-state index in [1.54, 1.807) is 0 Å². The van der Waals surface area contributed by atoms with E-state index in [4.69, 9.17) is 10.8 Å². The highest BCUT2D eigenvalue weighted by Crippen LogP contribution is 2.18. The van der Waals surface area contributed by atoms with Crippen LogP contribution in [0.15, 0.2) is 0 Å². The molecule has 1 heterocycles. The monoisotopic (exact) mass is 229 g/mol. The SMILES string of the molecule is NC(=O)NC(=O)CCN1CCC(CCO)C1. The first-order chi connectivity index (χ1) is 7.61. The van der Waals surface area contributed by atoms with Crippen molar-refractivity contribution in [2.75, 3.05) is 26.2 Å². The summed E-state index contributed by atoms with van der Waals surface area (Å²) in [4.78, 5) is 23.7. The average Bonchev–Trinajstić information content (AvgIpc) is 2.62. The Bertz CT molecular complexity index is 258. The Kier molecular flexibility index (Phi) is 5.21. The number of hydrogen-bond donors (Lipinski definition) is 3. The summed E-state index contributed by atoms with van der Waals surface area (Å²) in [6, 6.07) is -0.801. The Morgan fingerprint density at radius 2 is 2.25 bits per heavy atom. The highest BCUT2D eigenvalue weighted by Gasteiger charge is 2.22. The second-order valence-electron chi connectivity index (χ2n) is 4.13. The molecule has 0 aliphatic carbocycles. The number of primary amides is 1. The molecule has 16 heavy (non-hydrogen) atoms. The minimum atomic E-state index is -0.801. The highest BCUT2D eigenvalue weighted by atomic mass is 16.3. The van der Waals surface area contributed by atoms with Crippen molar-refractivity contribution >= 4 is 11.9 Å². The van der Waals surface area contributed by atoms with Crippen molar-refractivity contribution in [1.29, 1.82) is 0 Å². The van der Waals surface area contributed by atoms with Crippen molar-refractivity contribution in [3.05, 3.63) is 0 Å². The molecule has 0 bridgehead atoms. The van der Waals surface area contributed by atoms with Crippen LogP contribution in [0.2, 0.25) is 0 Å². The van der Waals surface area contributed by atoms with Gasteiger partial charge < -0.3 is 15.7 Å². The molecule has 1 aliphatic rings. The molecule has 0 spiro atoms. The van der Waals surface area contributed by atoms with Crippen LogP contribution in [-0.2, 0) is 4.79 Å². The van der Waals surface area contributed by atoms with Crippen LogP contribution in [0.1, 0.15) is 19.3 Å². The molecule has 1 fully saturated rings. The highest BCUT2D eigenvalue weighted by molar-refractivity contribution is 5.93. The minimum Gasteiger partial charge on any atom is -0.396 e. The lowest BCUT2D eigenvalue weighted by Gasteiger charge is -2.14. The number of aliphatic hydroxyl groups excluding tert-OH is 1. The third-order valence-electron chi connectivity index (χ3n) is 2.83. The van der Waals surface area contributed by atoms with Crippen LogP contribution in [0.25, 0.3) is 0 Å². The van der Waals surface area contributed by atoms with Crippen molar-refractivity contribution in [3.8, 4) is 0 Å². The largest absolute Gasteiger partial charge is 0.396 e. The van der Waals surface area contributed by atoms with Gasteiger partial charge in [-0.3, -0.25) is 10.1 Å². The zero-order valence-electron chi connectivity index (χ0n) is 9.32. The van der Waals surface area contributed by atoms with E-state index >= 15 is 0 Å². The van der Waals surface area contributed by atoms with E-state index in [9.17, 15) is 9.59 Å². The lowest BCUT2D eigenvalue weighted by Crippen LogP contribution is -2.37. The van der Waals surface area contributed by atoms with Crippen LogP contribution >= 0.6 is 0 Å². The normalized spacial score (nSPS) is 20.9. The zero-order chi connectivity index (χ0) is 12.0. The Morgan fingerprint density at radius 1 is 1.50 bits per heavy atom. The summed E-state index contributed by atoms with van der Waals surface area (Å²) in [7, 11) is 0. The molecule has 1 saturated heterocycles. The van der Waals surface area contributed by atoms with Crippen molar-refractivity contribution < 1.29 is 14.7 Å². The molecule has 92 valence electrons. The molecule has 1 unspecified atom stereocenters. The maximum Gasteiger partial charge on any atom is 0.318 e. The van der Waals surface area contributed by atoms with Gasteiger partial charge in [-0.05, 0) is 25.3 Å². The summed E-state index contributed by atoms with van der Waals surface area (Å²) in [6.07, 6.45) is 2.18. The van der Waals surface area contributed by atoms with Crippen molar-refractivity contribution in [3.63, 3.8) is 0 Å². The van der Waals surface area contributed by atoms with Gasteiger partial charge in [-0.15, -0.1) is 0 Å². The lowest BCUT2D eigenvalue weighted by molar-refractivity contribution is -0.120. The van der Waals surface area contributed by atoms with E-state index in [2.05, 4.69) is 4.90 Å². The molecule has 3 amide bonds. The Balaban J connectivity index is 2.15. The maximum atomic E-state index is 11.1. The van der Waals surface area contributed by atoms with Crippen molar-refractivity contribution in [2.24, 2.45) is 11.7 Å². The van der Waals surface area contributed by atoms with Crippen LogP contribution in [0.5, 0.6) is 0 Å². The van der Waals surface area contributed by atoms with Crippen molar-refractivity contribution in [2.45, 2.75) is 19.3 Å². The van der Waals surface area contributed by atoms with Gasteiger partial charge in [-0.2, -0.15) is 0 Å². The summed E-state index contributed by atoms with van der Waals surface area (Å²) < 4.78 is 0. The molecule has 6 nitrogen and oxygen atoms in total. The third kappa shape index (κ3) is 4.59. The lowest BCUT2D eigenvalue weighted by atomic mass is 10.1. The molecule has 0 aromatic heterocycles. The van der Waals surface area contributed by atoms with Crippen LogP contribution in [0.4, 0.5) is 4.79 Å². The van der Waals surface area contributed by atoms with Gasteiger partial charge in [0.05, 0.1) is 0 Å². The van der Waals surface area contributed by atoms with E-state index in [0.29, 0.717) is 12.5 Å². The fourth-order valence-corrected chi connectivity index (χ4v) is 1.99. The van der Waals surface area contributed by atoms with Crippen LogP contribution in [0, 0.1) is 5.92 Å². The summed E-state index contributed by atoms with van der Waals surface area (Å²) in [5, 5.41) is 10.8. The van der Waals surface area contributed by atoms with Gasteiger partial charge in [-0.25, -0.2) is 4.79 Å². The first kappa shape index (κ1) is 12.9. The Morgan fingerprint density at radius 3 is 2.88 bits per heavy atom. The predicted octanol–water partition coefficient (Wildman–Crippen LogP) is -0.724. The van der Waals surface area contributed by atoms with Crippen LogP contribution in [0.3, 0.4) is 0 Å². The molecular weight excluding hydrogens is 210 g/mol. The molecule has 4 N–H and O–H groups in total. The van der Waals surface area contributed by atoms with E-state index in [1.807, 2.05) is 5.32 Å². The topological polar surface area (TPSA) is 95.7 Å². The molecule has 0 saturated carbocycles. The number of amides is 3.